The van der Waals surface area contributed by atoms with E-state index >= 15 is 0 Å². The zero-order chi connectivity index (χ0) is 17.5. The number of carbonyl (C=O) groups excluding carboxylic acids is 2. The highest BCUT2D eigenvalue weighted by Crippen LogP contribution is 2.29. The van der Waals surface area contributed by atoms with Crippen LogP contribution in [0.3, 0.4) is 0 Å². The molecule has 0 aliphatic heterocycles. The van der Waals surface area contributed by atoms with Crippen molar-refractivity contribution in [2.24, 2.45) is 0 Å². The van der Waals surface area contributed by atoms with E-state index in [1.807, 2.05) is 6.07 Å². The monoisotopic (exact) mass is 365 g/mol. The summed E-state index contributed by atoms with van der Waals surface area (Å²) in [5, 5.41) is 3.68. The summed E-state index contributed by atoms with van der Waals surface area (Å²) >= 11 is 12.1. The van der Waals surface area contributed by atoms with Crippen molar-refractivity contribution in [3.8, 4) is 0 Å². The molecule has 1 N–H and O–H groups in total. The van der Waals surface area contributed by atoms with E-state index in [4.69, 9.17) is 23.2 Å². The van der Waals surface area contributed by atoms with Gasteiger partial charge in [-0.25, -0.2) is 0 Å². The van der Waals surface area contributed by atoms with Crippen molar-refractivity contribution in [1.82, 2.24) is 10.3 Å². The molecule has 5 nitrogen and oxygen atoms in total. The summed E-state index contributed by atoms with van der Waals surface area (Å²) in [4.78, 5) is 29.3. The Morgan fingerprint density at radius 1 is 1.25 bits per heavy atom. The normalized spacial score (nSPS) is 10.3. The summed E-state index contributed by atoms with van der Waals surface area (Å²) in [5.74, 6) is -0.373. The fraction of sp³-hybridized carbons (Fsp3) is 0.235. The maximum atomic E-state index is 12.0. The molecule has 2 aromatic rings. The van der Waals surface area contributed by atoms with Gasteiger partial charge in [0.05, 0.1) is 10.7 Å². The van der Waals surface area contributed by atoms with Crippen molar-refractivity contribution in [2.75, 3.05) is 11.4 Å². The molecule has 1 aromatic heterocycles. The minimum atomic E-state index is -0.209. The second-order valence-corrected chi connectivity index (χ2v) is 6.00. The first-order valence-corrected chi connectivity index (χ1v) is 8.11. The first-order valence-electron chi connectivity index (χ1n) is 7.36. The lowest BCUT2D eigenvalue weighted by Crippen LogP contribution is -2.34. The van der Waals surface area contributed by atoms with Gasteiger partial charge in [0.25, 0.3) is 0 Å². The van der Waals surface area contributed by atoms with Crippen LogP contribution in [0.4, 0.5) is 5.69 Å². The van der Waals surface area contributed by atoms with Crippen LogP contribution in [0.25, 0.3) is 0 Å². The first kappa shape index (κ1) is 18.2. The van der Waals surface area contributed by atoms with Gasteiger partial charge in [0.1, 0.15) is 0 Å². The van der Waals surface area contributed by atoms with Crippen molar-refractivity contribution >= 4 is 40.7 Å². The van der Waals surface area contributed by atoms with Crippen LogP contribution in [-0.2, 0) is 16.1 Å². The molecule has 0 bridgehead atoms. The minimum Gasteiger partial charge on any atom is -0.352 e. The standard InChI is InChI=1S/C17H17Cl2N3O2/c1-12(23)22(16-9-14(18)4-5-15(16)19)8-6-17(24)21-11-13-3-2-7-20-10-13/h2-5,7,9-10H,6,8,11H2,1H3,(H,21,24). The molecule has 0 radical (unpaired) electrons. The molecule has 7 heteroatoms. The summed E-state index contributed by atoms with van der Waals surface area (Å²) in [5.41, 5.74) is 1.41. The maximum Gasteiger partial charge on any atom is 0.223 e. The Kier molecular flexibility index (Phi) is 6.58. The molecule has 0 aliphatic carbocycles. The predicted octanol–water partition coefficient (Wildman–Crippen LogP) is 3.45. The summed E-state index contributed by atoms with van der Waals surface area (Å²) in [7, 11) is 0. The molecule has 2 rings (SSSR count). The molecular formula is C17H17Cl2N3O2. The molecule has 1 aromatic carbocycles. The zero-order valence-electron chi connectivity index (χ0n) is 13.1. The van der Waals surface area contributed by atoms with E-state index in [0.29, 0.717) is 22.3 Å². The van der Waals surface area contributed by atoms with Crippen LogP contribution in [0.2, 0.25) is 10.0 Å². The number of hydrogen-bond donors (Lipinski definition) is 1. The van der Waals surface area contributed by atoms with Crippen LogP contribution in [-0.4, -0.2) is 23.3 Å². The quantitative estimate of drug-likeness (QED) is 0.852. The Balaban J connectivity index is 1.95. The molecule has 2 amide bonds. The minimum absolute atomic E-state index is 0.155. The first-order chi connectivity index (χ1) is 11.5. The Morgan fingerprint density at radius 3 is 2.71 bits per heavy atom. The number of carbonyl (C=O) groups is 2. The third-order valence-corrected chi connectivity index (χ3v) is 3.91. The van der Waals surface area contributed by atoms with Crippen LogP contribution in [0.5, 0.6) is 0 Å². The summed E-state index contributed by atoms with van der Waals surface area (Å²) in [6, 6.07) is 8.56. The number of amides is 2. The van der Waals surface area contributed by atoms with E-state index in [1.165, 1.54) is 11.8 Å². The third kappa shape index (κ3) is 5.22. The second kappa shape index (κ2) is 8.66. The second-order valence-electron chi connectivity index (χ2n) is 5.15. The number of anilines is 1. The van der Waals surface area contributed by atoms with Gasteiger partial charge in [-0.05, 0) is 29.8 Å². The van der Waals surface area contributed by atoms with Crippen molar-refractivity contribution in [3.05, 3.63) is 58.3 Å². The Labute approximate surface area is 150 Å². The van der Waals surface area contributed by atoms with Gasteiger partial charge in [-0.2, -0.15) is 0 Å². The van der Waals surface area contributed by atoms with Crippen molar-refractivity contribution in [2.45, 2.75) is 19.9 Å². The number of rotatable bonds is 6. The summed E-state index contributed by atoms with van der Waals surface area (Å²) in [6.07, 6.45) is 3.52. The van der Waals surface area contributed by atoms with Crippen LogP contribution in [0.15, 0.2) is 42.7 Å². The summed E-state index contributed by atoms with van der Waals surface area (Å²) in [6.45, 7) is 2.03. The van der Waals surface area contributed by atoms with Gasteiger partial charge < -0.3 is 10.2 Å². The van der Waals surface area contributed by atoms with Crippen LogP contribution in [0.1, 0.15) is 18.9 Å². The molecule has 0 atom stereocenters. The number of benzene rings is 1. The van der Waals surface area contributed by atoms with E-state index in [-0.39, 0.29) is 24.8 Å². The highest BCUT2D eigenvalue weighted by molar-refractivity contribution is 6.35. The molecule has 0 spiro atoms. The Hall–Kier alpha value is -2.11. The molecule has 0 saturated heterocycles. The number of hydrogen-bond acceptors (Lipinski definition) is 3. The van der Waals surface area contributed by atoms with Crippen LogP contribution < -0.4 is 10.2 Å². The third-order valence-electron chi connectivity index (χ3n) is 3.35. The van der Waals surface area contributed by atoms with E-state index in [2.05, 4.69) is 10.3 Å². The number of pyridine rings is 1. The number of aromatic nitrogens is 1. The van der Waals surface area contributed by atoms with Crippen LogP contribution in [0, 0.1) is 0 Å². The number of nitrogens with one attached hydrogen (secondary N) is 1. The van der Waals surface area contributed by atoms with Gasteiger partial charge in [-0.15, -0.1) is 0 Å². The highest BCUT2D eigenvalue weighted by atomic mass is 35.5. The fourth-order valence-electron chi connectivity index (χ4n) is 2.15. The fourth-order valence-corrected chi connectivity index (χ4v) is 2.53. The average molecular weight is 366 g/mol. The van der Waals surface area contributed by atoms with Crippen molar-refractivity contribution < 1.29 is 9.59 Å². The van der Waals surface area contributed by atoms with Gasteiger partial charge in [0.2, 0.25) is 11.8 Å². The van der Waals surface area contributed by atoms with Crippen molar-refractivity contribution in [3.63, 3.8) is 0 Å². The topological polar surface area (TPSA) is 62.3 Å². The Morgan fingerprint density at radius 2 is 2.04 bits per heavy atom. The molecule has 0 fully saturated rings. The van der Waals surface area contributed by atoms with E-state index < -0.39 is 0 Å². The van der Waals surface area contributed by atoms with Crippen molar-refractivity contribution in [1.29, 1.82) is 0 Å². The van der Waals surface area contributed by atoms with Gasteiger partial charge in [-0.1, -0.05) is 29.3 Å². The summed E-state index contributed by atoms with van der Waals surface area (Å²) < 4.78 is 0. The lowest BCUT2D eigenvalue weighted by Gasteiger charge is -2.22. The molecule has 0 aliphatic rings. The highest BCUT2D eigenvalue weighted by Gasteiger charge is 2.16. The smallest absolute Gasteiger partial charge is 0.223 e. The molecule has 24 heavy (non-hydrogen) atoms. The largest absolute Gasteiger partial charge is 0.352 e. The van der Waals surface area contributed by atoms with Gasteiger partial charge in [-0.3, -0.25) is 14.6 Å². The van der Waals surface area contributed by atoms with E-state index in [9.17, 15) is 9.59 Å². The number of halogens is 2. The molecule has 0 saturated carbocycles. The average Bonchev–Trinajstić information content (AvgIpc) is 2.57. The van der Waals surface area contributed by atoms with Gasteiger partial charge in [0, 0.05) is 43.9 Å². The maximum absolute atomic E-state index is 12.0. The number of nitrogens with zero attached hydrogens (tertiary/aromatic N) is 2. The molecule has 1 heterocycles. The Bertz CT molecular complexity index is 723. The molecule has 0 unspecified atom stereocenters. The zero-order valence-corrected chi connectivity index (χ0v) is 14.6. The van der Waals surface area contributed by atoms with Crippen LogP contribution >= 0.6 is 23.2 Å². The van der Waals surface area contributed by atoms with Gasteiger partial charge in [0.15, 0.2) is 0 Å². The molecular weight excluding hydrogens is 349 g/mol. The van der Waals surface area contributed by atoms with E-state index in [0.717, 1.165) is 5.56 Å². The van der Waals surface area contributed by atoms with E-state index in [1.54, 1.807) is 36.7 Å². The lowest BCUT2D eigenvalue weighted by atomic mass is 10.2. The molecule has 126 valence electrons. The predicted molar refractivity (Wildman–Crippen MR) is 95.2 cm³/mol. The SMILES string of the molecule is CC(=O)N(CCC(=O)NCc1cccnc1)c1cc(Cl)ccc1Cl. The van der Waals surface area contributed by atoms with Gasteiger partial charge >= 0.3 is 0 Å². The lowest BCUT2D eigenvalue weighted by molar-refractivity contribution is -0.121.